The van der Waals surface area contributed by atoms with E-state index in [0.717, 1.165) is 50.6 Å². The molecular weight excluding hydrogens is 502 g/mol. The molecule has 12 heteroatoms. The molecule has 0 spiro atoms. The number of aliphatic hydroxyl groups is 2. The van der Waals surface area contributed by atoms with Gasteiger partial charge in [0.2, 0.25) is 0 Å². The fourth-order valence-corrected chi connectivity index (χ4v) is 4.45. The summed E-state index contributed by atoms with van der Waals surface area (Å²) in [5.41, 5.74) is 1.42. The molecule has 1 unspecified atom stereocenters. The van der Waals surface area contributed by atoms with Crippen LogP contribution in [0.25, 0.3) is 0 Å². The third-order valence-corrected chi connectivity index (χ3v) is 6.80. The number of unbranched alkanes of at least 4 members (excludes halogenated alkanes) is 4. The van der Waals surface area contributed by atoms with Crippen molar-refractivity contribution >= 4 is 16.5 Å². The minimum Gasteiger partial charge on any atom is -0.506 e. The van der Waals surface area contributed by atoms with Crippen molar-refractivity contribution in [3.8, 4) is 5.75 Å². The van der Waals surface area contributed by atoms with E-state index < -0.39 is 16.1 Å². The first-order valence-corrected chi connectivity index (χ1v) is 13.8. The molecule has 0 amide bonds. The molecule has 0 saturated heterocycles. The number of aliphatic hydroxyl groups excluding tert-OH is 2. The Bertz CT molecular complexity index is 1050. The predicted octanol–water partition coefficient (Wildman–Crippen LogP) is 1.87. The summed E-state index contributed by atoms with van der Waals surface area (Å²) in [7, 11) is -3.89. The van der Waals surface area contributed by atoms with Crippen LogP contribution >= 0.6 is 0 Å². The second kappa shape index (κ2) is 17.0. The highest BCUT2D eigenvalue weighted by Crippen LogP contribution is 2.18. The number of nitrogens with zero attached hydrogens (tertiary/aromatic N) is 1. The standard InChI is InChI=1S/C25H37N3O8S/c29-18-23-24(31)12-11-22(27-23)25(32)17-26-13-4-2-1-3-5-14-35-15-7-9-20-8-6-10-21(16-20)37(33,34)28-36-19-30/h6,8,10-12,16,19,25-26,28-29,31-32H,1-5,7,9,13-15,17-18H2. The third kappa shape index (κ3) is 11.5. The van der Waals surface area contributed by atoms with Crippen LogP contribution in [0.2, 0.25) is 0 Å². The molecule has 0 radical (unpaired) electrons. The lowest BCUT2D eigenvalue weighted by Gasteiger charge is -2.13. The number of nitrogens with one attached hydrogen (secondary N) is 2. The maximum Gasteiger partial charge on any atom is 0.314 e. The molecule has 1 aromatic heterocycles. The van der Waals surface area contributed by atoms with Gasteiger partial charge in [0.25, 0.3) is 10.0 Å². The minimum absolute atomic E-state index is 0.0123. The molecule has 1 heterocycles. The Morgan fingerprint density at radius 1 is 1.03 bits per heavy atom. The summed E-state index contributed by atoms with van der Waals surface area (Å²) < 4.78 is 29.6. The molecule has 0 aliphatic carbocycles. The number of sulfonamides is 1. The van der Waals surface area contributed by atoms with Gasteiger partial charge in [-0.15, -0.1) is 0 Å². The number of carbonyl (C=O) groups is 1. The van der Waals surface area contributed by atoms with Crippen LogP contribution in [0.4, 0.5) is 0 Å². The van der Waals surface area contributed by atoms with E-state index in [-0.39, 0.29) is 29.4 Å². The lowest BCUT2D eigenvalue weighted by molar-refractivity contribution is -0.131. The van der Waals surface area contributed by atoms with E-state index in [2.05, 4.69) is 15.1 Å². The minimum atomic E-state index is -3.89. The molecule has 0 aliphatic heterocycles. The SMILES string of the molecule is O=CONS(=O)(=O)c1cccc(CCCOCCCCCCCNCC(O)c2ccc(O)c(CO)n2)c1. The molecule has 0 bridgehead atoms. The van der Waals surface area contributed by atoms with E-state index in [1.807, 2.05) is 6.07 Å². The van der Waals surface area contributed by atoms with Gasteiger partial charge in [-0.25, -0.2) is 13.4 Å². The van der Waals surface area contributed by atoms with Gasteiger partial charge in [-0.05, 0) is 66.9 Å². The Morgan fingerprint density at radius 3 is 2.57 bits per heavy atom. The van der Waals surface area contributed by atoms with E-state index >= 15 is 0 Å². The van der Waals surface area contributed by atoms with Gasteiger partial charge >= 0.3 is 6.47 Å². The van der Waals surface area contributed by atoms with E-state index in [1.165, 1.54) is 12.1 Å². The molecular formula is C25H37N3O8S. The lowest BCUT2D eigenvalue weighted by atomic mass is 10.1. The van der Waals surface area contributed by atoms with Crippen LogP contribution < -0.4 is 10.2 Å². The third-order valence-electron chi connectivity index (χ3n) is 5.61. The van der Waals surface area contributed by atoms with Crippen molar-refractivity contribution in [2.75, 3.05) is 26.3 Å². The van der Waals surface area contributed by atoms with Crippen LogP contribution in [0.5, 0.6) is 5.75 Å². The Kier molecular flexibility index (Phi) is 14.1. The van der Waals surface area contributed by atoms with Crippen LogP contribution in [0.1, 0.15) is 61.6 Å². The number of rotatable bonds is 20. The summed E-state index contributed by atoms with van der Waals surface area (Å²) in [4.78, 5) is 20.2. The number of ether oxygens (including phenoxy) is 1. The Morgan fingerprint density at radius 2 is 1.78 bits per heavy atom. The number of aryl methyl sites for hydroxylation is 1. The van der Waals surface area contributed by atoms with Gasteiger partial charge in [0.15, 0.2) is 0 Å². The molecule has 0 saturated carbocycles. The number of aromatic hydroxyl groups is 1. The molecule has 1 aromatic carbocycles. The van der Waals surface area contributed by atoms with Gasteiger partial charge in [0.05, 0.1) is 17.2 Å². The molecule has 0 fully saturated rings. The second-order valence-electron chi connectivity index (χ2n) is 8.51. The van der Waals surface area contributed by atoms with Gasteiger partial charge in [0, 0.05) is 19.8 Å². The van der Waals surface area contributed by atoms with Crippen molar-refractivity contribution in [3.05, 3.63) is 53.3 Å². The fourth-order valence-electron chi connectivity index (χ4n) is 3.62. The monoisotopic (exact) mass is 539 g/mol. The normalized spacial score (nSPS) is 12.4. The van der Waals surface area contributed by atoms with Crippen molar-refractivity contribution < 1.29 is 38.1 Å². The number of hydrogen-bond acceptors (Lipinski definition) is 10. The Balaban J connectivity index is 1.46. The summed E-state index contributed by atoms with van der Waals surface area (Å²) in [5, 5.41) is 32.1. The topological polar surface area (TPSA) is 167 Å². The number of aromatic nitrogens is 1. The highest BCUT2D eigenvalue weighted by molar-refractivity contribution is 7.89. The van der Waals surface area contributed by atoms with Gasteiger partial charge in [-0.1, -0.05) is 31.4 Å². The van der Waals surface area contributed by atoms with Crippen molar-refractivity contribution in [2.24, 2.45) is 0 Å². The fraction of sp³-hybridized carbons (Fsp3) is 0.520. The summed E-state index contributed by atoms with van der Waals surface area (Å²) in [6.45, 7) is 2.03. The summed E-state index contributed by atoms with van der Waals surface area (Å²) in [6.07, 6.45) is 5.83. The quantitative estimate of drug-likeness (QED) is 0.0952. The molecule has 5 N–H and O–H groups in total. The van der Waals surface area contributed by atoms with Gasteiger partial charge in [-0.3, -0.25) is 4.79 Å². The Hall–Kier alpha value is -2.61. The second-order valence-corrected chi connectivity index (χ2v) is 10.2. The Labute approximate surface area is 217 Å². The van der Waals surface area contributed by atoms with Crippen LogP contribution in [0, 0.1) is 0 Å². The van der Waals surface area contributed by atoms with E-state index in [4.69, 9.17) is 9.84 Å². The summed E-state index contributed by atoms with van der Waals surface area (Å²) in [5.74, 6) is -0.0875. The highest BCUT2D eigenvalue weighted by atomic mass is 32.2. The predicted molar refractivity (Wildman–Crippen MR) is 136 cm³/mol. The average molecular weight is 540 g/mol. The molecule has 206 valence electrons. The average Bonchev–Trinajstić information content (AvgIpc) is 2.90. The van der Waals surface area contributed by atoms with Gasteiger partial charge in [0.1, 0.15) is 17.5 Å². The first-order valence-electron chi connectivity index (χ1n) is 12.3. The molecule has 2 aromatic rings. The number of hydrogen-bond donors (Lipinski definition) is 5. The largest absolute Gasteiger partial charge is 0.506 e. The molecule has 1 atom stereocenters. The van der Waals surface area contributed by atoms with Crippen molar-refractivity contribution in [2.45, 2.75) is 62.6 Å². The van der Waals surface area contributed by atoms with E-state index in [1.54, 1.807) is 23.1 Å². The van der Waals surface area contributed by atoms with Crippen molar-refractivity contribution in [1.29, 1.82) is 0 Å². The van der Waals surface area contributed by atoms with Gasteiger partial charge in [-0.2, -0.15) is 0 Å². The number of benzene rings is 1. The molecule has 37 heavy (non-hydrogen) atoms. The lowest BCUT2D eigenvalue weighted by Crippen LogP contribution is -2.23. The zero-order chi connectivity index (χ0) is 26.9. The van der Waals surface area contributed by atoms with Crippen LogP contribution in [0.3, 0.4) is 0 Å². The zero-order valence-electron chi connectivity index (χ0n) is 20.8. The molecule has 11 nitrogen and oxygen atoms in total. The molecule has 2 rings (SSSR count). The van der Waals surface area contributed by atoms with Crippen molar-refractivity contribution in [3.63, 3.8) is 0 Å². The van der Waals surface area contributed by atoms with Crippen LogP contribution in [-0.4, -0.2) is 61.5 Å². The van der Waals surface area contributed by atoms with E-state index in [0.29, 0.717) is 31.9 Å². The van der Waals surface area contributed by atoms with Crippen molar-refractivity contribution in [1.82, 2.24) is 15.2 Å². The number of pyridine rings is 1. The molecule has 0 aliphatic rings. The van der Waals surface area contributed by atoms with E-state index in [9.17, 15) is 23.4 Å². The smallest absolute Gasteiger partial charge is 0.314 e. The maximum atomic E-state index is 12.0. The van der Waals surface area contributed by atoms with Crippen LogP contribution in [-0.2, 0) is 37.4 Å². The summed E-state index contributed by atoms with van der Waals surface area (Å²) >= 11 is 0. The summed E-state index contributed by atoms with van der Waals surface area (Å²) in [6, 6.07) is 9.42. The zero-order valence-corrected chi connectivity index (χ0v) is 21.7. The maximum absolute atomic E-state index is 12.0. The first-order chi connectivity index (χ1) is 17.9. The van der Waals surface area contributed by atoms with Gasteiger partial charge < -0.3 is 30.2 Å². The highest BCUT2D eigenvalue weighted by Gasteiger charge is 2.15. The number of carbonyl (C=O) groups excluding carboxylic acids is 1. The van der Waals surface area contributed by atoms with Crippen LogP contribution in [0.15, 0.2) is 41.3 Å². The first kappa shape index (κ1) is 30.6.